The van der Waals surface area contributed by atoms with Crippen LogP contribution in [0.2, 0.25) is 0 Å². The van der Waals surface area contributed by atoms with E-state index >= 15 is 0 Å². The summed E-state index contributed by atoms with van der Waals surface area (Å²) < 4.78 is 7.30. The van der Waals surface area contributed by atoms with E-state index in [1.807, 2.05) is 30.3 Å². The summed E-state index contributed by atoms with van der Waals surface area (Å²) in [6.45, 7) is 5.06. The minimum Gasteiger partial charge on any atom is -0.462 e. The number of unbranched alkanes of at least 4 members (excludes halogenated alkanes) is 2. The zero-order chi connectivity index (χ0) is 14.8. The fourth-order valence-corrected chi connectivity index (χ4v) is 2.01. The van der Waals surface area contributed by atoms with Gasteiger partial charge in [0.25, 0.3) is 0 Å². The predicted octanol–water partition coefficient (Wildman–Crippen LogP) is 2.82. The van der Waals surface area contributed by atoms with Gasteiger partial charge in [-0.15, -0.1) is 5.10 Å². The fraction of sp³-hybridized carbons (Fsp3) is 0.500. The quantitative estimate of drug-likeness (QED) is 0.683. The van der Waals surface area contributed by atoms with Crippen molar-refractivity contribution in [2.45, 2.75) is 32.6 Å². The van der Waals surface area contributed by atoms with Gasteiger partial charge in [-0.1, -0.05) is 25.1 Å². The van der Waals surface area contributed by atoms with Crippen LogP contribution in [0.25, 0.3) is 5.69 Å². The van der Waals surface area contributed by atoms with Crippen LogP contribution >= 0.6 is 0 Å². The van der Waals surface area contributed by atoms with Gasteiger partial charge in [-0.05, 0) is 50.9 Å². The standard InChI is InChI=1S/C16H24N4O/c1-2-11-17-12-7-4-8-13-21-16-18-14-20(19-16)15-9-5-3-6-10-15/h3,5-6,9-10,14,17H,2,4,7-8,11-13H2,1H3. The topological polar surface area (TPSA) is 52.0 Å². The van der Waals surface area contributed by atoms with Crippen molar-refractivity contribution in [1.82, 2.24) is 20.1 Å². The number of nitrogens with zero attached hydrogens (tertiary/aromatic N) is 3. The minimum absolute atomic E-state index is 0.447. The Bertz CT molecular complexity index is 498. The van der Waals surface area contributed by atoms with Crippen LogP contribution in [0.4, 0.5) is 0 Å². The Labute approximate surface area is 126 Å². The summed E-state index contributed by atoms with van der Waals surface area (Å²) in [6.07, 6.45) is 6.26. The number of rotatable bonds is 10. The summed E-state index contributed by atoms with van der Waals surface area (Å²) in [6, 6.07) is 10.4. The molecule has 0 unspecified atom stereocenters. The molecule has 114 valence electrons. The van der Waals surface area contributed by atoms with E-state index < -0.39 is 0 Å². The maximum absolute atomic E-state index is 5.57. The van der Waals surface area contributed by atoms with Crippen LogP contribution in [0.5, 0.6) is 6.01 Å². The average Bonchev–Trinajstić information content (AvgIpc) is 3.00. The molecule has 0 aliphatic heterocycles. The molecule has 0 saturated heterocycles. The van der Waals surface area contributed by atoms with E-state index in [0.717, 1.165) is 31.6 Å². The fourth-order valence-electron chi connectivity index (χ4n) is 2.01. The Kier molecular flexibility index (Phi) is 6.74. The summed E-state index contributed by atoms with van der Waals surface area (Å²) in [7, 11) is 0. The number of hydrogen-bond donors (Lipinski definition) is 1. The van der Waals surface area contributed by atoms with E-state index in [0.29, 0.717) is 12.6 Å². The van der Waals surface area contributed by atoms with Crippen LogP contribution in [0.15, 0.2) is 36.7 Å². The molecule has 0 radical (unpaired) electrons. The van der Waals surface area contributed by atoms with Gasteiger partial charge in [-0.3, -0.25) is 0 Å². The highest BCUT2D eigenvalue weighted by molar-refractivity contribution is 5.29. The van der Waals surface area contributed by atoms with E-state index in [2.05, 4.69) is 22.3 Å². The third kappa shape index (κ3) is 5.55. The number of ether oxygens (including phenoxy) is 1. The van der Waals surface area contributed by atoms with Crippen molar-refractivity contribution in [1.29, 1.82) is 0 Å². The molecule has 0 bridgehead atoms. The Morgan fingerprint density at radius 3 is 2.76 bits per heavy atom. The summed E-state index contributed by atoms with van der Waals surface area (Å²) >= 11 is 0. The van der Waals surface area contributed by atoms with Gasteiger partial charge in [-0.25, -0.2) is 4.68 Å². The smallest absolute Gasteiger partial charge is 0.335 e. The maximum atomic E-state index is 5.57. The minimum atomic E-state index is 0.447. The van der Waals surface area contributed by atoms with Crippen LogP contribution < -0.4 is 10.1 Å². The lowest BCUT2D eigenvalue weighted by atomic mass is 10.2. The Balaban J connectivity index is 1.63. The second-order valence-electron chi connectivity index (χ2n) is 4.97. The molecule has 1 heterocycles. The molecular weight excluding hydrogens is 264 g/mol. The zero-order valence-electron chi connectivity index (χ0n) is 12.7. The Morgan fingerprint density at radius 1 is 1.10 bits per heavy atom. The van der Waals surface area contributed by atoms with Gasteiger partial charge >= 0.3 is 6.01 Å². The van der Waals surface area contributed by atoms with Gasteiger partial charge in [0.15, 0.2) is 0 Å². The van der Waals surface area contributed by atoms with Gasteiger partial charge in [0.05, 0.1) is 12.3 Å². The Morgan fingerprint density at radius 2 is 1.95 bits per heavy atom. The molecule has 5 nitrogen and oxygen atoms in total. The zero-order valence-corrected chi connectivity index (χ0v) is 12.7. The van der Waals surface area contributed by atoms with Gasteiger partial charge in [0.1, 0.15) is 6.33 Å². The second kappa shape index (κ2) is 9.13. The van der Waals surface area contributed by atoms with Crippen molar-refractivity contribution < 1.29 is 4.74 Å². The monoisotopic (exact) mass is 288 g/mol. The van der Waals surface area contributed by atoms with Crippen molar-refractivity contribution in [2.24, 2.45) is 0 Å². The van der Waals surface area contributed by atoms with Crippen LogP contribution in [0, 0.1) is 0 Å². The summed E-state index contributed by atoms with van der Waals surface area (Å²) in [5, 5.41) is 7.71. The maximum Gasteiger partial charge on any atom is 0.335 e. The highest BCUT2D eigenvalue weighted by Gasteiger charge is 2.02. The molecule has 0 aliphatic rings. The lowest BCUT2D eigenvalue weighted by Crippen LogP contribution is -2.15. The van der Waals surface area contributed by atoms with Crippen LogP contribution in [0.1, 0.15) is 32.6 Å². The molecular formula is C16H24N4O. The molecule has 2 aromatic rings. The first-order valence-electron chi connectivity index (χ1n) is 7.70. The van der Waals surface area contributed by atoms with Crippen LogP contribution in [0.3, 0.4) is 0 Å². The Hall–Kier alpha value is -1.88. The summed E-state index contributed by atoms with van der Waals surface area (Å²) in [4.78, 5) is 4.17. The number of benzene rings is 1. The van der Waals surface area contributed by atoms with Gasteiger partial charge in [0, 0.05) is 0 Å². The van der Waals surface area contributed by atoms with Crippen LogP contribution in [-0.4, -0.2) is 34.5 Å². The third-order valence-electron chi connectivity index (χ3n) is 3.15. The molecule has 0 aliphatic carbocycles. The van der Waals surface area contributed by atoms with E-state index in [1.165, 1.54) is 12.8 Å². The van der Waals surface area contributed by atoms with Crippen LogP contribution in [-0.2, 0) is 0 Å². The number of hydrogen-bond acceptors (Lipinski definition) is 4. The average molecular weight is 288 g/mol. The first-order valence-corrected chi connectivity index (χ1v) is 7.70. The number of para-hydroxylation sites is 1. The number of nitrogens with one attached hydrogen (secondary N) is 1. The van der Waals surface area contributed by atoms with E-state index in [4.69, 9.17) is 4.74 Å². The summed E-state index contributed by atoms with van der Waals surface area (Å²) in [5.74, 6) is 0. The molecule has 0 spiro atoms. The van der Waals surface area contributed by atoms with Crippen molar-refractivity contribution in [2.75, 3.05) is 19.7 Å². The largest absolute Gasteiger partial charge is 0.462 e. The molecule has 0 atom stereocenters. The van der Waals surface area contributed by atoms with E-state index in [-0.39, 0.29) is 0 Å². The molecule has 2 rings (SSSR count). The molecule has 1 N–H and O–H groups in total. The van der Waals surface area contributed by atoms with Crippen molar-refractivity contribution in [3.05, 3.63) is 36.7 Å². The lowest BCUT2D eigenvalue weighted by molar-refractivity contribution is 0.282. The van der Waals surface area contributed by atoms with Crippen molar-refractivity contribution >= 4 is 0 Å². The number of aromatic nitrogens is 3. The van der Waals surface area contributed by atoms with Gasteiger partial charge in [-0.2, -0.15) is 4.98 Å². The molecule has 0 fully saturated rings. The first kappa shape index (κ1) is 15.5. The predicted molar refractivity (Wildman–Crippen MR) is 83.9 cm³/mol. The lowest BCUT2D eigenvalue weighted by Gasteiger charge is -2.03. The second-order valence-corrected chi connectivity index (χ2v) is 4.97. The van der Waals surface area contributed by atoms with Gasteiger partial charge < -0.3 is 10.1 Å². The highest BCUT2D eigenvalue weighted by Crippen LogP contribution is 2.08. The molecule has 5 heteroatoms. The first-order chi connectivity index (χ1) is 10.4. The van der Waals surface area contributed by atoms with E-state index in [9.17, 15) is 0 Å². The molecule has 0 amide bonds. The van der Waals surface area contributed by atoms with Gasteiger partial charge in [0.2, 0.25) is 0 Å². The molecule has 0 saturated carbocycles. The third-order valence-corrected chi connectivity index (χ3v) is 3.15. The SMILES string of the molecule is CCCNCCCCCOc1ncn(-c2ccccc2)n1. The normalized spacial score (nSPS) is 10.7. The highest BCUT2D eigenvalue weighted by atomic mass is 16.5. The van der Waals surface area contributed by atoms with Crippen molar-refractivity contribution in [3.8, 4) is 11.7 Å². The molecule has 1 aromatic heterocycles. The molecule has 1 aromatic carbocycles. The molecule has 21 heavy (non-hydrogen) atoms. The van der Waals surface area contributed by atoms with Crippen molar-refractivity contribution in [3.63, 3.8) is 0 Å². The summed E-state index contributed by atoms with van der Waals surface area (Å²) in [5.41, 5.74) is 0.988. The van der Waals surface area contributed by atoms with E-state index in [1.54, 1.807) is 11.0 Å².